The molecule has 1 aromatic heterocycles. The number of hydrogen-bond acceptors (Lipinski definition) is 4. The highest BCUT2D eigenvalue weighted by molar-refractivity contribution is 5.95. The molecule has 1 fully saturated rings. The van der Waals surface area contributed by atoms with Crippen LogP contribution in [-0.4, -0.2) is 39.7 Å². The maximum Gasteiger partial charge on any atom is 0.227 e. The molecule has 1 amide bonds. The number of carbonyl (C=O) groups is 1. The average Bonchev–Trinajstić information content (AvgIpc) is 3.28. The third-order valence-electron chi connectivity index (χ3n) is 5.69. The summed E-state index contributed by atoms with van der Waals surface area (Å²) in [4.78, 5) is 18.5. The fourth-order valence-corrected chi connectivity index (χ4v) is 4.05. The Morgan fingerprint density at radius 2 is 1.90 bits per heavy atom. The van der Waals surface area contributed by atoms with Crippen LogP contribution in [0.4, 0.5) is 5.69 Å². The van der Waals surface area contributed by atoms with Crippen molar-refractivity contribution < 1.29 is 4.79 Å². The van der Waals surface area contributed by atoms with Crippen molar-refractivity contribution in [1.82, 2.24) is 25.4 Å². The molecule has 3 heterocycles. The lowest BCUT2D eigenvalue weighted by Crippen LogP contribution is -2.37. The molecule has 160 valence electrons. The fraction of sp³-hybridized carbons (Fsp3) is 0.545. The summed E-state index contributed by atoms with van der Waals surface area (Å²) in [6, 6.07) is 8.12. The normalized spacial score (nSPS) is 17.0. The van der Waals surface area contributed by atoms with E-state index in [-0.39, 0.29) is 5.91 Å². The molecule has 4 rings (SSSR count). The molecular formula is C22H31N7O. The first-order valence-corrected chi connectivity index (χ1v) is 11.1. The fourth-order valence-electron chi connectivity index (χ4n) is 4.05. The molecule has 0 bridgehead atoms. The summed E-state index contributed by atoms with van der Waals surface area (Å²) in [6.45, 7) is 5.84. The van der Waals surface area contributed by atoms with Gasteiger partial charge >= 0.3 is 0 Å². The minimum Gasteiger partial charge on any atom is -0.357 e. The Hall–Kier alpha value is -2.90. The number of carbonyl (C=O) groups excluding carboxylic acids is 1. The van der Waals surface area contributed by atoms with Crippen LogP contribution in [-0.2, 0) is 30.8 Å². The van der Waals surface area contributed by atoms with E-state index in [4.69, 9.17) is 4.99 Å². The molecule has 0 atom stereocenters. The molecule has 0 unspecified atom stereocenters. The molecule has 0 saturated carbocycles. The van der Waals surface area contributed by atoms with Crippen LogP contribution in [0, 0.1) is 0 Å². The summed E-state index contributed by atoms with van der Waals surface area (Å²) < 4.78 is 2.25. The van der Waals surface area contributed by atoms with E-state index in [1.807, 2.05) is 29.2 Å². The number of aliphatic imine (C=N–C) groups is 1. The van der Waals surface area contributed by atoms with Crippen molar-refractivity contribution in [1.29, 1.82) is 0 Å². The Bertz CT molecular complexity index is 887. The minimum atomic E-state index is 0.214. The minimum absolute atomic E-state index is 0.214. The summed E-state index contributed by atoms with van der Waals surface area (Å²) in [7, 11) is 0. The summed E-state index contributed by atoms with van der Waals surface area (Å²) in [5.41, 5.74) is 2.08. The quantitative estimate of drug-likeness (QED) is 0.565. The monoisotopic (exact) mass is 409 g/mol. The van der Waals surface area contributed by atoms with E-state index in [2.05, 4.69) is 32.3 Å². The first kappa shape index (κ1) is 20.4. The molecule has 2 N–H and O–H groups in total. The zero-order valence-corrected chi connectivity index (χ0v) is 17.7. The second-order valence-electron chi connectivity index (χ2n) is 7.86. The maximum atomic E-state index is 11.9. The van der Waals surface area contributed by atoms with Crippen LogP contribution in [0.2, 0.25) is 0 Å². The van der Waals surface area contributed by atoms with Gasteiger partial charge in [0.1, 0.15) is 5.82 Å². The molecule has 8 nitrogen and oxygen atoms in total. The molecule has 30 heavy (non-hydrogen) atoms. The number of anilines is 1. The van der Waals surface area contributed by atoms with E-state index in [9.17, 15) is 4.79 Å². The molecule has 2 aliphatic rings. The third-order valence-corrected chi connectivity index (χ3v) is 5.69. The van der Waals surface area contributed by atoms with E-state index in [0.717, 1.165) is 61.3 Å². The highest BCUT2D eigenvalue weighted by atomic mass is 16.2. The van der Waals surface area contributed by atoms with Crippen molar-refractivity contribution in [2.45, 2.75) is 65.1 Å². The lowest BCUT2D eigenvalue weighted by molar-refractivity contribution is -0.117. The number of nitrogens with one attached hydrogen (secondary N) is 2. The number of rotatable bonds is 6. The molecule has 2 aromatic rings. The van der Waals surface area contributed by atoms with Crippen molar-refractivity contribution in [3.63, 3.8) is 0 Å². The van der Waals surface area contributed by atoms with Gasteiger partial charge < -0.3 is 20.1 Å². The molecular weight excluding hydrogens is 378 g/mol. The van der Waals surface area contributed by atoms with Crippen LogP contribution in [0.25, 0.3) is 0 Å². The van der Waals surface area contributed by atoms with Gasteiger partial charge in [0, 0.05) is 38.2 Å². The van der Waals surface area contributed by atoms with E-state index >= 15 is 0 Å². The van der Waals surface area contributed by atoms with Crippen molar-refractivity contribution in [3.8, 4) is 0 Å². The van der Waals surface area contributed by atoms with Gasteiger partial charge in [-0.1, -0.05) is 18.6 Å². The zero-order chi connectivity index (χ0) is 20.8. The SMILES string of the molecule is CCNC(=NCc1ccc(N2CCCC2=O)cc1)NCc1nnc2n1CCCCC2. The topological polar surface area (TPSA) is 87.4 Å². The lowest BCUT2D eigenvalue weighted by Gasteiger charge is -2.16. The largest absolute Gasteiger partial charge is 0.357 e. The van der Waals surface area contributed by atoms with Crippen molar-refractivity contribution in [2.75, 3.05) is 18.0 Å². The average molecular weight is 410 g/mol. The highest BCUT2D eigenvalue weighted by Crippen LogP contribution is 2.21. The predicted octanol–water partition coefficient (Wildman–Crippen LogP) is 2.39. The van der Waals surface area contributed by atoms with Crippen LogP contribution < -0.4 is 15.5 Å². The number of aryl methyl sites for hydroxylation is 1. The van der Waals surface area contributed by atoms with Gasteiger partial charge in [0.05, 0.1) is 13.1 Å². The van der Waals surface area contributed by atoms with Gasteiger partial charge in [0.15, 0.2) is 11.8 Å². The Morgan fingerprint density at radius 1 is 1.03 bits per heavy atom. The van der Waals surface area contributed by atoms with Gasteiger partial charge in [-0.25, -0.2) is 4.99 Å². The lowest BCUT2D eigenvalue weighted by atomic mass is 10.2. The number of aromatic nitrogens is 3. The number of fused-ring (bicyclic) bond motifs is 1. The zero-order valence-electron chi connectivity index (χ0n) is 17.7. The van der Waals surface area contributed by atoms with E-state index in [1.54, 1.807) is 0 Å². The molecule has 2 aliphatic heterocycles. The summed E-state index contributed by atoms with van der Waals surface area (Å²) in [6.07, 6.45) is 6.24. The Balaban J connectivity index is 1.37. The molecule has 1 aromatic carbocycles. The standard InChI is InChI=1S/C22H31N7O/c1-2-23-22(25-16-20-27-26-19-7-4-3-5-13-29(19)20)24-15-17-9-11-18(12-10-17)28-14-6-8-21(28)30/h9-12H,2-8,13-16H2,1H3,(H2,23,24,25). The van der Waals surface area contributed by atoms with Crippen molar-refractivity contribution in [2.24, 2.45) is 4.99 Å². The van der Waals surface area contributed by atoms with Gasteiger partial charge in [-0.2, -0.15) is 0 Å². The summed E-state index contributed by atoms with van der Waals surface area (Å²) in [5.74, 6) is 3.05. The molecule has 8 heteroatoms. The molecule has 1 saturated heterocycles. The van der Waals surface area contributed by atoms with Gasteiger partial charge in [0.25, 0.3) is 0 Å². The summed E-state index contributed by atoms with van der Waals surface area (Å²) >= 11 is 0. The van der Waals surface area contributed by atoms with Crippen molar-refractivity contribution in [3.05, 3.63) is 41.5 Å². The van der Waals surface area contributed by atoms with Gasteiger partial charge in [-0.05, 0) is 43.9 Å². The first-order valence-electron chi connectivity index (χ1n) is 11.1. The number of hydrogen-bond donors (Lipinski definition) is 2. The van der Waals surface area contributed by atoms with Crippen LogP contribution in [0.1, 0.15) is 56.2 Å². The predicted molar refractivity (Wildman–Crippen MR) is 117 cm³/mol. The van der Waals surface area contributed by atoms with Crippen molar-refractivity contribution >= 4 is 17.6 Å². The number of amides is 1. The van der Waals surface area contributed by atoms with E-state index in [0.29, 0.717) is 19.5 Å². The Kier molecular flexibility index (Phi) is 6.61. The number of guanidine groups is 1. The Morgan fingerprint density at radius 3 is 2.67 bits per heavy atom. The van der Waals surface area contributed by atoms with Crippen LogP contribution >= 0.6 is 0 Å². The Labute approximate surface area is 177 Å². The van der Waals surface area contributed by atoms with Gasteiger partial charge in [-0.15, -0.1) is 10.2 Å². The van der Waals surface area contributed by atoms with E-state index < -0.39 is 0 Å². The van der Waals surface area contributed by atoms with Crippen LogP contribution in [0.5, 0.6) is 0 Å². The summed E-state index contributed by atoms with van der Waals surface area (Å²) in [5, 5.41) is 15.4. The number of benzene rings is 1. The van der Waals surface area contributed by atoms with Crippen LogP contribution in [0.3, 0.4) is 0 Å². The first-order chi connectivity index (χ1) is 14.7. The molecule has 0 aliphatic carbocycles. The van der Waals surface area contributed by atoms with Crippen LogP contribution in [0.15, 0.2) is 29.3 Å². The molecule has 0 radical (unpaired) electrons. The maximum absolute atomic E-state index is 11.9. The second kappa shape index (κ2) is 9.73. The smallest absolute Gasteiger partial charge is 0.227 e. The van der Waals surface area contributed by atoms with Gasteiger partial charge in [0.2, 0.25) is 5.91 Å². The van der Waals surface area contributed by atoms with E-state index in [1.165, 1.54) is 19.3 Å². The van der Waals surface area contributed by atoms with Gasteiger partial charge in [-0.3, -0.25) is 4.79 Å². The third kappa shape index (κ3) is 4.80. The second-order valence-corrected chi connectivity index (χ2v) is 7.86. The highest BCUT2D eigenvalue weighted by Gasteiger charge is 2.21. The molecule has 0 spiro atoms. The number of nitrogens with zero attached hydrogens (tertiary/aromatic N) is 5.